The van der Waals surface area contributed by atoms with E-state index < -0.39 is 0 Å². The molecular formula is C32H45N7O3. The first kappa shape index (κ1) is 30.0. The number of anilines is 2. The molecule has 42 heavy (non-hydrogen) atoms. The molecule has 4 heterocycles. The molecule has 0 atom stereocenters. The van der Waals surface area contributed by atoms with E-state index in [1.165, 1.54) is 0 Å². The highest BCUT2D eigenvalue weighted by Gasteiger charge is 2.27. The SMILES string of the molecule is C=C1/C=C\C(OCCCN2CCNCC2)=C/CN=CN=C1C1CCN(C(=O)Nc2ccc(N3CCOCC3)cc2)CC1. The second-order valence-corrected chi connectivity index (χ2v) is 11.1. The maximum Gasteiger partial charge on any atom is 0.321 e. The summed E-state index contributed by atoms with van der Waals surface area (Å²) in [7, 11) is 0. The highest BCUT2D eigenvalue weighted by molar-refractivity contribution is 6.07. The number of carbonyl (C=O) groups excluding carboxylic acids is 1. The lowest BCUT2D eigenvalue weighted by Crippen LogP contribution is -2.43. The summed E-state index contributed by atoms with van der Waals surface area (Å²) >= 11 is 0. The van der Waals surface area contributed by atoms with Crippen molar-refractivity contribution in [1.29, 1.82) is 0 Å². The molecule has 0 aliphatic carbocycles. The smallest absolute Gasteiger partial charge is 0.321 e. The zero-order chi connectivity index (χ0) is 29.0. The van der Waals surface area contributed by atoms with Crippen molar-refractivity contribution in [3.8, 4) is 0 Å². The van der Waals surface area contributed by atoms with Crippen molar-refractivity contribution >= 4 is 29.5 Å². The minimum atomic E-state index is -0.0652. The van der Waals surface area contributed by atoms with Crippen LogP contribution in [0.15, 0.2) is 70.4 Å². The van der Waals surface area contributed by atoms with Crippen molar-refractivity contribution in [1.82, 2.24) is 15.1 Å². The number of hydrogen-bond donors (Lipinski definition) is 2. The molecule has 0 radical (unpaired) electrons. The van der Waals surface area contributed by atoms with Crippen LogP contribution in [-0.2, 0) is 9.47 Å². The number of benzene rings is 1. The van der Waals surface area contributed by atoms with Gasteiger partial charge in [-0.15, -0.1) is 0 Å². The number of amides is 2. The Hall–Kier alpha value is -3.47. The molecule has 0 bridgehead atoms. The first-order valence-electron chi connectivity index (χ1n) is 15.3. The molecule has 3 fully saturated rings. The number of nitrogens with zero attached hydrogens (tertiary/aromatic N) is 5. The molecule has 2 amide bonds. The van der Waals surface area contributed by atoms with Crippen LogP contribution in [-0.4, -0.2) is 113 Å². The van der Waals surface area contributed by atoms with Gasteiger partial charge in [0.15, 0.2) is 0 Å². The first-order valence-corrected chi connectivity index (χ1v) is 15.3. The van der Waals surface area contributed by atoms with Crippen molar-refractivity contribution in [3.63, 3.8) is 0 Å². The average Bonchev–Trinajstić information content (AvgIpc) is 3.04. The number of likely N-dealkylation sites (tertiary alicyclic amines) is 1. The quantitative estimate of drug-likeness (QED) is 0.461. The van der Waals surface area contributed by atoms with Crippen LogP contribution in [0.4, 0.5) is 16.2 Å². The third-order valence-electron chi connectivity index (χ3n) is 8.21. The maximum absolute atomic E-state index is 13.0. The van der Waals surface area contributed by atoms with Gasteiger partial charge >= 0.3 is 6.03 Å². The predicted octanol–water partition coefficient (Wildman–Crippen LogP) is 3.56. The average molecular weight is 576 g/mol. The number of morpholine rings is 1. The summed E-state index contributed by atoms with van der Waals surface area (Å²) in [4.78, 5) is 28.8. The number of nitrogens with one attached hydrogen (secondary N) is 2. The summed E-state index contributed by atoms with van der Waals surface area (Å²) in [6, 6.07) is 8.00. The number of aliphatic imine (C=N–C) groups is 2. The maximum atomic E-state index is 13.0. The van der Waals surface area contributed by atoms with Gasteiger partial charge in [0, 0.05) is 76.2 Å². The van der Waals surface area contributed by atoms with Gasteiger partial charge in [-0.05, 0) is 61.3 Å². The highest BCUT2D eigenvalue weighted by atomic mass is 16.5. The molecule has 2 N–H and O–H groups in total. The molecule has 0 unspecified atom stereocenters. The molecule has 10 heteroatoms. The Balaban J connectivity index is 1.07. The van der Waals surface area contributed by atoms with Crippen molar-refractivity contribution < 1.29 is 14.3 Å². The summed E-state index contributed by atoms with van der Waals surface area (Å²) in [6.45, 7) is 15.5. The normalized spacial score (nSPS) is 23.1. The van der Waals surface area contributed by atoms with Crippen molar-refractivity contribution in [2.24, 2.45) is 15.9 Å². The summed E-state index contributed by atoms with van der Waals surface area (Å²) in [5, 5.41) is 6.45. The number of urea groups is 1. The molecule has 5 rings (SSSR count). The summed E-state index contributed by atoms with van der Waals surface area (Å²) < 4.78 is 11.5. The Labute approximate surface area is 249 Å². The van der Waals surface area contributed by atoms with Crippen LogP contribution in [0.3, 0.4) is 0 Å². The summed E-state index contributed by atoms with van der Waals surface area (Å²) in [5.41, 5.74) is 3.76. The minimum absolute atomic E-state index is 0.0652. The topological polar surface area (TPSA) is 94.0 Å². The molecule has 1 aromatic rings. The summed E-state index contributed by atoms with van der Waals surface area (Å²) in [5.74, 6) is 1.04. The first-order chi connectivity index (χ1) is 20.7. The second-order valence-electron chi connectivity index (χ2n) is 11.1. The van der Waals surface area contributed by atoms with Crippen LogP contribution in [0.1, 0.15) is 19.3 Å². The predicted molar refractivity (Wildman–Crippen MR) is 170 cm³/mol. The van der Waals surface area contributed by atoms with E-state index in [-0.39, 0.29) is 11.9 Å². The number of allylic oxidation sites excluding steroid dienone is 3. The van der Waals surface area contributed by atoms with Crippen molar-refractivity contribution in [2.45, 2.75) is 19.3 Å². The Morgan fingerprint density at radius 3 is 2.57 bits per heavy atom. The molecule has 226 valence electrons. The standard InChI is InChI=1S/C32H45N7O3/c1-26-3-8-30(42-22-2-15-37-18-13-33-14-19-37)9-12-34-25-35-31(26)27-10-16-39(17-11-27)32(40)36-28-4-6-29(7-5-28)38-20-23-41-24-21-38/h3-9,25,27,33H,1-2,10-24H2,(H,36,40)/b8-3-,30-9+,34-25?,35-31?. The van der Waals surface area contributed by atoms with Crippen LogP contribution in [0.2, 0.25) is 0 Å². The zero-order valence-electron chi connectivity index (χ0n) is 24.7. The van der Waals surface area contributed by atoms with E-state index in [1.54, 1.807) is 6.34 Å². The van der Waals surface area contributed by atoms with E-state index in [2.05, 4.69) is 49.1 Å². The molecule has 1 aromatic carbocycles. The van der Waals surface area contributed by atoms with Crippen LogP contribution in [0.5, 0.6) is 0 Å². The van der Waals surface area contributed by atoms with E-state index in [9.17, 15) is 4.79 Å². The van der Waals surface area contributed by atoms with Crippen LogP contribution in [0, 0.1) is 5.92 Å². The van der Waals surface area contributed by atoms with E-state index in [0.717, 1.165) is 107 Å². The van der Waals surface area contributed by atoms with E-state index in [0.29, 0.717) is 26.2 Å². The third-order valence-corrected chi connectivity index (χ3v) is 8.21. The van der Waals surface area contributed by atoms with Gasteiger partial charge < -0.3 is 34.8 Å². The van der Waals surface area contributed by atoms with Gasteiger partial charge in [0.05, 0.1) is 32.1 Å². The molecule has 0 aromatic heterocycles. The lowest BCUT2D eigenvalue weighted by atomic mass is 9.88. The van der Waals surface area contributed by atoms with E-state index in [4.69, 9.17) is 9.47 Å². The van der Waals surface area contributed by atoms with Gasteiger partial charge in [0.2, 0.25) is 0 Å². The Morgan fingerprint density at radius 2 is 1.81 bits per heavy atom. The number of ether oxygens (including phenoxy) is 2. The Bertz CT molecular complexity index is 1160. The number of rotatable bonds is 8. The van der Waals surface area contributed by atoms with Gasteiger partial charge in [0.25, 0.3) is 0 Å². The fraction of sp³-hybridized carbons (Fsp3) is 0.531. The fourth-order valence-electron chi connectivity index (χ4n) is 5.74. The number of piperazine rings is 1. The van der Waals surface area contributed by atoms with Gasteiger partial charge in [-0.3, -0.25) is 4.99 Å². The number of hydrogen-bond acceptors (Lipinski definition) is 8. The van der Waals surface area contributed by atoms with Crippen LogP contribution in [0.25, 0.3) is 0 Å². The van der Waals surface area contributed by atoms with E-state index >= 15 is 0 Å². The van der Waals surface area contributed by atoms with Gasteiger partial charge in [-0.2, -0.15) is 0 Å². The van der Waals surface area contributed by atoms with Crippen molar-refractivity contribution in [2.75, 3.05) is 95.5 Å². The van der Waals surface area contributed by atoms with Gasteiger partial charge in [-0.25, -0.2) is 9.79 Å². The number of piperidine rings is 1. The molecule has 4 aliphatic heterocycles. The molecule has 0 spiro atoms. The van der Waals surface area contributed by atoms with Gasteiger partial charge in [-0.1, -0.05) is 12.7 Å². The minimum Gasteiger partial charge on any atom is -0.494 e. The molecule has 3 saturated heterocycles. The van der Waals surface area contributed by atoms with Crippen molar-refractivity contribution in [3.05, 3.63) is 60.4 Å². The Morgan fingerprint density at radius 1 is 1.05 bits per heavy atom. The lowest BCUT2D eigenvalue weighted by molar-refractivity contribution is 0.122. The van der Waals surface area contributed by atoms with E-state index in [1.807, 2.05) is 35.3 Å². The largest absolute Gasteiger partial charge is 0.494 e. The zero-order valence-corrected chi connectivity index (χ0v) is 24.7. The van der Waals surface area contributed by atoms with Crippen LogP contribution < -0.4 is 15.5 Å². The lowest BCUT2D eigenvalue weighted by Gasteiger charge is -2.33. The fourth-order valence-corrected chi connectivity index (χ4v) is 5.74. The second kappa shape index (κ2) is 15.7. The van der Waals surface area contributed by atoms with Crippen LogP contribution >= 0.6 is 0 Å². The molecule has 10 nitrogen and oxygen atoms in total. The molecule has 4 aliphatic rings. The van der Waals surface area contributed by atoms with Gasteiger partial charge in [0.1, 0.15) is 12.1 Å². The third kappa shape index (κ3) is 8.77. The monoisotopic (exact) mass is 575 g/mol. The number of carbonyl (C=O) groups is 1. The highest BCUT2D eigenvalue weighted by Crippen LogP contribution is 2.24. The molecule has 0 saturated carbocycles. The molecular weight excluding hydrogens is 530 g/mol. The summed E-state index contributed by atoms with van der Waals surface area (Å²) in [6.07, 6.45) is 10.3. The Kier molecular flexibility index (Phi) is 11.2.